The number of nitrogen functional groups attached to an aromatic ring is 1. The molecule has 3 aromatic heterocycles. The number of imidazole rings is 2. The fraction of sp³-hybridized carbons (Fsp3) is 0.312. The van der Waals surface area contributed by atoms with Gasteiger partial charge in [-0.15, -0.1) is 0 Å². The quantitative estimate of drug-likeness (QED) is 0.758. The van der Waals surface area contributed by atoms with E-state index in [1.807, 2.05) is 36.9 Å². The van der Waals surface area contributed by atoms with Crippen LogP contribution in [-0.2, 0) is 19.5 Å². The summed E-state index contributed by atoms with van der Waals surface area (Å²) in [6.45, 7) is 3.98. The lowest BCUT2D eigenvalue weighted by Gasteiger charge is -2.10. The van der Waals surface area contributed by atoms with Crippen LogP contribution in [0.15, 0.2) is 43.1 Å². The first-order chi connectivity index (χ1) is 10.8. The lowest BCUT2D eigenvalue weighted by molar-refractivity contribution is 0.552. The van der Waals surface area contributed by atoms with Gasteiger partial charge in [-0.2, -0.15) is 0 Å². The molecule has 0 amide bonds. The molecule has 22 heavy (non-hydrogen) atoms. The molecule has 6 heteroatoms. The van der Waals surface area contributed by atoms with Crippen LogP contribution in [0.3, 0.4) is 0 Å². The predicted octanol–water partition coefficient (Wildman–Crippen LogP) is 2.38. The second-order valence-corrected chi connectivity index (χ2v) is 5.16. The van der Waals surface area contributed by atoms with E-state index >= 15 is 0 Å². The van der Waals surface area contributed by atoms with E-state index in [0.717, 1.165) is 43.1 Å². The Morgan fingerprint density at radius 3 is 2.59 bits per heavy atom. The second kappa shape index (κ2) is 6.43. The van der Waals surface area contributed by atoms with E-state index in [1.165, 1.54) is 0 Å². The number of aromatic nitrogens is 5. The molecule has 3 rings (SSSR count). The Bertz CT molecular complexity index is 742. The van der Waals surface area contributed by atoms with Gasteiger partial charge in [0.1, 0.15) is 17.5 Å². The Balaban J connectivity index is 1.68. The third kappa shape index (κ3) is 3.00. The molecule has 0 saturated carbocycles. The second-order valence-electron chi connectivity index (χ2n) is 5.16. The van der Waals surface area contributed by atoms with Crippen LogP contribution < -0.4 is 5.73 Å². The molecule has 3 heterocycles. The highest BCUT2D eigenvalue weighted by atomic mass is 15.1. The molecule has 0 fully saturated rings. The van der Waals surface area contributed by atoms with Crippen LogP contribution in [0.5, 0.6) is 0 Å². The van der Waals surface area contributed by atoms with Crippen molar-refractivity contribution in [2.45, 2.75) is 32.9 Å². The zero-order chi connectivity index (χ0) is 15.4. The highest BCUT2D eigenvalue weighted by Gasteiger charge is 2.07. The van der Waals surface area contributed by atoms with Crippen LogP contribution in [0.4, 0.5) is 5.82 Å². The van der Waals surface area contributed by atoms with Crippen molar-refractivity contribution >= 4 is 5.82 Å². The molecule has 0 saturated heterocycles. The fourth-order valence-electron chi connectivity index (χ4n) is 2.61. The number of anilines is 1. The summed E-state index contributed by atoms with van der Waals surface area (Å²) in [6, 6.07) is 3.78. The normalized spacial score (nSPS) is 11.0. The van der Waals surface area contributed by atoms with Crippen molar-refractivity contribution in [3.05, 3.63) is 48.9 Å². The van der Waals surface area contributed by atoms with Gasteiger partial charge in [0.15, 0.2) is 0 Å². The summed E-state index contributed by atoms with van der Waals surface area (Å²) in [6.07, 6.45) is 11.4. The number of pyridine rings is 1. The molecule has 0 bridgehead atoms. The summed E-state index contributed by atoms with van der Waals surface area (Å²) in [7, 11) is 0. The van der Waals surface area contributed by atoms with Crippen LogP contribution in [0, 0.1) is 0 Å². The highest BCUT2D eigenvalue weighted by molar-refractivity contribution is 5.58. The number of aryl methyl sites for hydroxylation is 3. The molecule has 0 unspecified atom stereocenters. The molecule has 0 radical (unpaired) electrons. The third-order valence-corrected chi connectivity index (χ3v) is 3.67. The van der Waals surface area contributed by atoms with Gasteiger partial charge < -0.3 is 14.9 Å². The number of hydrogen-bond donors (Lipinski definition) is 1. The van der Waals surface area contributed by atoms with Crippen LogP contribution in [0.25, 0.3) is 11.4 Å². The smallest absolute Gasteiger partial charge is 0.140 e. The number of nitrogens with zero attached hydrogens (tertiary/aromatic N) is 5. The van der Waals surface area contributed by atoms with E-state index in [1.54, 1.807) is 6.20 Å². The van der Waals surface area contributed by atoms with Crippen molar-refractivity contribution in [1.82, 2.24) is 24.1 Å². The van der Waals surface area contributed by atoms with Crippen molar-refractivity contribution in [2.75, 3.05) is 5.73 Å². The summed E-state index contributed by atoms with van der Waals surface area (Å²) < 4.78 is 4.36. The maximum absolute atomic E-state index is 5.75. The Morgan fingerprint density at radius 2 is 1.77 bits per heavy atom. The molecule has 114 valence electrons. The predicted molar refractivity (Wildman–Crippen MR) is 86.1 cm³/mol. The first kappa shape index (κ1) is 14.3. The fourth-order valence-corrected chi connectivity index (χ4v) is 2.61. The minimum absolute atomic E-state index is 0.512. The van der Waals surface area contributed by atoms with Crippen molar-refractivity contribution in [2.24, 2.45) is 0 Å². The third-order valence-electron chi connectivity index (χ3n) is 3.67. The number of rotatable bonds is 6. The molecule has 0 aliphatic rings. The van der Waals surface area contributed by atoms with Crippen molar-refractivity contribution in [3.63, 3.8) is 0 Å². The van der Waals surface area contributed by atoms with Crippen molar-refractivity contribution in [1.29, 1.82) is 0 Å². The van der Waals surface area contributed by atoms with Gasteiger partial charge in [-0.05, 0) is 18.6 Å². The average Bonchev–Trinajstić information content (AvgIpc) is 3.16. The van der Waals surface area contributed by atoms with E-state index in [4.69, 9.17) is 5.73 Å². The van der Waals surface area contributed by atoms with Gasteiger partial charge in [-0.25, -0.2) is 15.0 Å². The average molecular weight is 296 g/mol. The minimum atomic E-state index is 0.512. The van der Waals surface area contributed by atoms with Crippen molar-refractivity contribution < 1.29 is 0 Å². The molecule has 6 nitrogen and oxygen atoms in total. The van der Waals surface area contributed by atoms with E-state index in [0.29, 0.717) is 5.82 Å². The maximum Gasteiger partial charge on any atom is 0.140 e. The molecule has 2 N–H and O–H groups in total. The largest absolute Gasteiger partial charge is 0.384 e. The Morgan fingerprint density at radius 1 is 1.00 bits per heavy atom. The zero-order valence-electron chi connectivity index (χ0n) is 12.7. The van der Waals surface area contributed by atoms with Crippen LogP contribution in [0.2, 0.25) is 0 Å². The molecule has 0 aliphatic heterocycles. The van der Waals surface area contributed by atoms with Gasteiger partial charge >= 0.3 is 0 Å². The molecule has 3 aromatic rings. The summed E-state index contributed by atoms with van der Waals surface area (Å²) in [5, 5.41) is 0. The molecular formula is C16H20N6. The van der Waals surface area contributed by atoms with Gasteiger partial charge in [-0.3, -0.25) is 0 Å². The first-order valence-electron chi connectivity index (χ1n) is 7.51. The molecule has 0 atom stereocenters. The van der Waals surface area contributed by atoms with Gasteiger partial charge in [-0.1, -0.05) is 6.92 Å². The first-order valence-corrected chi connectivity index (χ1v) is 7.51. The van der Waals surface area contributed by atoms with E-state index in [-0.39, 0.29) is 0 Å². The highest BCUT2D eigenvalue weighted by Crippen LogP contribution is 2.18. The maximum atomic E-state index is 5.75. The summed E-state index contributed by atoms with van der Waals surface area (Å²) in [5.74, 6) is 2.57. The van der Waals surface area contributed by atoms with E-state index in [2.05, 4.69) is 31.0 Å². The monoisotopic (exact) mass is 296 g/mol. The topological polar surface area (TPSA) is 74.5 Å². The van der Waals surface area contributed by atoms with Gasteiger partial charge in [0.2, 0.25) is 0 Å². The van der Waals surface area contributed by atoms with E-state index < -0.39 is 0 Å². The van der Waals surface area contributed by atoms with Crippen molar-refractivity contribution in [3.8, 4) is 11.4 Å². The molecule has 0 aliphatic carbocycles. The number of hydrogen-bond acceptors (Lipinski definition) is 4. The zero-order valence-corrected chi connectivity index (χ0v) is 12.7. The lowest BCUT2D eigenvalue weighted by atomic mass is 10.2. The van der Waals surface area contributed by atoms with Gasteiger partial charge in [0.25, 0.3) is 0 Å². The summed E-state index contributed by atoms with van der Waals surface area (Å²) in [5.41, 5.74) is 6.75. The SMILES string of the molecule is CCc1nccn1CCCn1ccnc1-c1ccnc(N)c1. The lowest BCUT2D eigenvalue weighted by Crippen LogP contribution is -2.07. The number of nitrogens with two attached hydrogens (primary N) is 1. The Kier molecular flexibility index (Phi) is 4.18. The van der Waals surface area contributed by atoms with E-state index in [9.17, 15) is 0 Å². The summed E-state index contributed by atoms with van der Waals surface area (Å²) >= 11 is 0. The van der Waals surface area contributed by atoms with Crippen LogP contribution >= 0.6 is 0 Å². The van der Waals surface area contributed by atoms with Gasteiger partial charge in [0.05, 0.1) is 0 Å². The van der Waals surface area contributed by atoms with Gasteiger partial charge in [0, 0.05) is 56.1 Å². The van der Waals surface area contributed by atoms with Crippen LogP contribution in [0.1, 0.15) is 19.2 Å². The Labute approximate surface area is 129 Å². The summed E-state index contributed by atoms with van der Waals surface area (Å²) in [4.78, 5) is 12.8. The molecule has 0 aromatic carbocycles. The minimum Gasteiger partial charge on any atom is -0.384 e. The molecular weight excluding hydrogens is 276 g/mol. The Hall–Kier alpha value is -2.63. The molecule has 0 spiro atoms. The van der Waals surface area contributed by atoms with Crippen LogP contribution in [-0.4, -0.2) is 24.1 Å². The standard InChI is InChI=1S/C16H20N6/c1-2-15-19-6-10-21(15)8-3-9-22-11-7-20-16(22)13-4-5-18-14(17)12-13/h4-7,10-12H,2-3,8-9H2,1H3,(H2,17,18).